The molecule has 53 heavy (non-hydrogen) atoms. The van der Waals surface area contributed by atoms with E-state index in [0.29, 0.717) is 25.9 Å². The van der Waals surface area contributed by atoms with Crippen LogP contribution in [0.3, 0.4) is 0 Å². The van der Waals surface area contributed by atoms with Crippen molar-refractivity contribution in [2.45, 2.75) is 135 Å². The lowest BCUT2D eigenvalue weighted by molar-refractivity contribution is -0.284. The lowest BCUT2D eigenvalue weighted by Crippen LogP contribution is -2.66. The predicted octanol–water partition coefficient (Wildman–Crippen LogP) is -8.37. The normalized spacial score (nSPS) is 45.3. The molecular weight excluding hydrogens is 704 g/mol. The Morgan fingerprint density at radius 3 is 2.19 bits per heavy atom. The Hall–Kier alpha value is -1.10. The van der Waals surface area contributed by atoms with Gasteiger partial charge in [-0.1, -0.05) is 12.2 Å². The Morgan fingerprint density at radius 2 is 1.51 bits per heavy atom. The first-order valence-electron chi connectivity index (χ1n) is 18.5. The van der Waals surface area contributed by atoms with Gasteiger partial charge in [0.15, 0.2) is 18.9 Å². The van der Waals surface area contributed by atoms with Crippen molar-refractivity contribution in [2.24, 2.45) is 28.7 Å². The van der Waals surface area contributed by atoms with Crippen LogP contribution >= 0.6 is 0 Å². The van der Waals surface area contributed by atoms with Crippen LogP contribution in [-0.2, 0) is 28.4 Å². The van der Waals surface area contributed by atoms with Crippen LogP contribution in [0, 0.1) is 0 Å². The van der Waals surface area contributed by atoms with Crippen molar-refractivity contribution in [3.05, 3.63) is 12.2 Å². The smallest absolute Gasteiger partial charge is 0.187 e. The summed E-state index contributed by atoms with van der Waals surface area (Å²) in [5.74, 6) is 0. The van der Waals surface area contributed by atoms with Gasteiger partial charge in [-0.2, -0.15) is 0 Å². The van der Waals surface area contributed by atoms with Crippen LogP contribution in [0.4, 0.5) is 0 Å². The summed E-state index contributed by atoms with van der Waals surface area (Å²) in [6, 6.07) is -3.48. The third kappa shape index (κ3) is 10.5. The van der Waals surface area contributed by atoms with E-state index in [0.717, 1.165) is 13.1 Å². The quantitative estimate of drug-likeness (QED) is 0.0648. The number of piperidine rings is 1. The van der Waals surface area contributed by atoms with E-state index in [1.807, 2.05) is 0 Å². The van der Waals surface area contributed by atoms with Crippen LogP contribution in [0.15, 0.2) is 12.2 Å². The number of aliphatic hydroxyl groups excluding tert-OH is 6. The maximum atomic E-state index is 11.7. The number of hydrogen-bond acceptors (Lipinski definition) is 21. The van der Waals surface area contributed by atoms with Gasteiger partial charge in [-0.05, 0) is 32.4 Å². The summed E-state index contributed by atoms with van der Waals surface area (Å²) >= 11 is 0. The molecule has 0 aromatic carbocycles. The van der Waals surface area contributed by atoms with E-state index in [2.05, 4.69) is 16.0 Å². The number of nitrogens with two attached hydrogens (primary N) is 5. The van der Waals surface area contributed by atoms with Gasteiger partial charge in [0.1, 0.15) is 48.8 Å². The van der Waals surface area contributed by atoms with Crippen LogP contribution in [0.25, 0.3) is 0 Å². The maximum absolute atomic E-state index is 11.7. The summed E-state index contributed by atoms with van der Waals surface area (Å²) in [6.07, 6.45) is -12.0. The van der Waals surface area contributed by atoms with Crippen molar-refractivity contribution in [2.75, 3.05) is 52.4 Å². The van der Waals surface area contributed by atoms with Crippen LogP contribution in [-0.4, -0.2) is 204 Å². The first-order chi connectivity index (χ1) is 25.3. The van der Waals surface area contributed by atoms with Crippen LogP contribution in [0.2, 0.25) is 0 Å². The summed E-state index contributed by atoms with van der Waals surface area (Å²) in [7, 11) is 0. The first kappa shape index (κ1) is 43.0. The molecule has 18 unspecified atom stereocenters. The molecule has 4 heterocycles. The summed E-state index contributed by atoms with van der Waals surface area (Å²) in [4.78, 5) is 0. The molecule has 5 rings (SSSR count). The molecule has 0 radical (unpaired) electrons. The number of rotatable bonds is 16. The van der Waals surface area contributed by atoms with Crippen molar-refractivity contribution in [3.63, 3.8) is 0 Å². The van der Waals surface area contributed by atoms with Gasteiger partial charge in [0, 0.05) is 44.8 Å². The standard InChI is InChI=1S/C32H62N8O13/c33-8-14(42)10-40-18-7-17(36)26(51-29-16(35)2-1-15(48-29)11-39-13-32(47)3-5-38-6-4-32)28(22(18)43)53-31-25(46)27(20(12-41)50-31)52-30-21(37)24(45)23(44)19(9-34)49-30/h1-2,14-31,38-47H,3-13,33-37H2. The van der Waals surface area contributed by atoms with Crippen LogP contribution < -0.4 is 44.6 Å². The van der Waals surface area contributed by atoms with E-state index in [9.17, 15) is 35.7 Å². The highest BCUT2D eigenvalue weighted by atomic mass is 16.8. The Morgan fingerprint density at radius 1 is 0.830 bits per heavy atom. The third-order valence-electron chi connectivity index (χ3n) is 10.7. The minimum absolute atomic E-state index is 0.0209. The van der Waals surface area contributed by atoms with Gasteiger partial charge in [0.2, 0.25) is 0 Å². The maximum Gasteiger partial charge on any atom is 0.187 e. The minimum Gasteiger partial charge on any atom is -0.394 e. The fourth-order valence-corrected chi connectivity index (χ4v) is 7.42. The zero-order chi connectivity index (χ0) is 38.4. The molecule has 5 aliphatic rings. The second-order valence-electron chi connectivity index (χ2n) is 14.8. The summed E-state index contributed by atoms with van der Waals surface area (Å²) in [5, 5.41) is 84.5. The molecule has 0 amide bonds. The summed E-state index contributed by atoms with van der Waals surface area (Å²) in [6.45, 7) is 1.42. The number of ether oxygens (including phenoxy) is 6. The molecule has 4 fully saturated rings. The highest BCUT2D eigenvalue weighted by Gasteiger charge is 2.54. The number of aliphatic hydroxyl groups is 7. The van der Waals surface area contributed by atoms with Gasteiger partial charge in [0.25, 0.3) is 0 Å². The van der Waals surface area contributed by atoms with Crippen LogP contribution in [0.5, 0.6) is 0 Å². The third-order valence-corrected chi connectivity index (χ3v) is 10.7. The van der Waals surface area contributed by atoms with Gasteiger partial charge in [0.05, 0.1) is 42.6 Å². The summed E-state index contributed by atoms with van der Waals surface area (Å²) < 4.78 is 36.3. The molecule has 20 N–H and O–H groups in total. The molecule has 1 saturated carbocycles. The molecule has 0 bridgehead atoms. The van der Waals surface area contributed by atoms with E-state index in [-0.39, 0.29) is 26.1 Å². The molecular formula is C32H62N8O13. The van der Waals surface area contributed by atoms with Crippen molar-refractivity contribution in [3.8, 4) is 0 Å². The fraction of sp³-hybridized carbons (Fsp3) is 0.938. The topological polar surface area (TPSA) is 363 Å². The molecule has 1 aliphatic carbocycles. The Balaban J connectivity index is 1.28. The Kier molecular flexibility index (Phi) is 15.7. The monoisotopic (exact) mass is 766 g/mol. The van der Waals surface area contributed by atoms with Crippen molar-refractivity contribution in [1.29, 1.82) is 0 Å². The van der Waals surface area contributed by atoms with Crippen molar-refractivity contribution >= 4 is 0 Å². The molecule has 0 aromatic rings. The summed E-state index contributed by atoms with van der Waals surface area (Å²) in [5.41, 5.74) is 29.5. The highest BCUT2D eigenvalue weighted by molar-refractivity contribution is 5.06. The van der Waals surface area contributed by atoms with E-state index < -0.39 is 122 Å². The van der Waals surface area contributed by atoms with Gasteiger partial charge >= 0.3 is 0 Å². The Bertz CT molecular complexity index is 1150. The van der Waals surface area contributed by atoms with Gasteiger partial charge in [-0.3, -0.25) is 0 Å². The zero-order valence-corrected chi connectivity index (χ0v) is 29.8. The van der Waals surface area contributed by atoms with E-state index in [4.69, 9.17) is 57.1 Å². The average Bonchev–Trinajstić information content (AvgIpc) is 3.44. The molecule has 0 spiro atoms. The SMILES string of the molecule is NCC(O)CNC1CC(N)C(OC2OC(CNCC3(O)CCNCC3)C=CC2N)C(OC2OC(CO)C(OC3OC(CN)C(O)C(O)C3N)C2O)C1O. The van der Waals surface area contributed by atoms with Crippen molar-refractivity contribution < 1.29 is 64.2 Å². The lowest BCUT2D eigenvalue weighted by atomic mass is 9.83. The van der Waals surface area contributed by atoms with Gasteiger partial charge < -0.3 is 109 Å². The highest BCUT2D eigenvalue weighted by Crippen LogP contribution is 2.34. The minimum atomic E-state index is -1.60. The molecule has 3 saturated heterocycles. The second kappa shape index (κ2) is 19.4. The fourth-order valence-electron chi connectivity index (χ4n) is 7.42. The largest absolute Gasteiger partial charge is 0.394 e. The average molecular weight is 767 g/mol. The first-order valence-corrected chi connectivity index (χ1v) is 18.5. The van der Waals surface area contributed by atoms with Gasteiger partial charge in [-0.15, -0.1) is 0 Å². The zero-order valence-electron chi connectivity index (χ0n) is 29.8. The lowest BCUT2D eigenvalue weighted by Gasteiger charge is -2.46. The molecule has 308 valence electrons. The molecule has 0 aromatic heterocycles. The second-order valence-corrected chi connectivity index (χ2v) is 14.8. The molecule has 21 nitrogen and oxygen atoms in total. The van der Waals surface area contributed by atoms with Crippen LogP contribution in [0.1, 0.15) is 19.3 Å². The molecule has 4 aliphatic heterocycles. The van der Waals surface area contributed by atoms with E-state index in [1.54, 1.807) is 12.2 Å². The van der Waals surface area contributed by atoms with E-state index in [1.165, 1.54) is 0 Å². The Labute approximate surface area is 308 Å². The predicted molar refractivity (Wildman–Crippen MR) is 185 cm³/mol. The molecule has 21 heteroatoms. The van der Waals surface area contributed by atoms with Gasteiger partial charge in [-0.25, -0.2) is 0 Å². The van der Waals surface area contributed by atoms with Crippen molar-refractivity contribution in [1.82, 2.24) is 16.0 Å². The number of hydrogen-bond donors (Lipinski definition) is 15. The number of nitrogens with one attached hydrogen (secondary N) is 3. The molecule has 18 atom stereocenters. The van der Waals surface area contributed by atoms with E-state index >= 15 is 0 Å².